The number of nitro groups is 1. The van der Waals surface area contributed by atoms with Crippen LogP contribution >= 0.6 is 0 Å². The highest BCUT2D eigenvalue weighted by molar-refractivity contribution is 7.89. The summed E-state index contributed by atoms with van der Waals surface area (Å²) in [6.07, 6.45) is 0. The Morgan fingerprint density at radius 1 is 0.774 bits per heavy atom. The molecule has 0 N–H and O–H groups in total. The van der Waals surface area contributed by atoms with Crippen molar-refractivity contribution in [2.75, 3.05) is 31.1 Å². The average molecular weight is 439 g/mol. The summed E-state index contributed by atoms with van der Waals surface area (Å²) in [7, 11) is -3.60. The van der Waals surface area contributed by atoms with Gasteiger partial charge in [0.05, 0.1) is 9.82 Å². The molecule has 4 rings (SSSR count). The van der Waals surface area contributed by atoms with E-state index >= 15 is 0 Å². The van der Waals surface area contributed by atoms with Crippen molar-refractivity contribution in [2.45, 2.75) is 4.90 Å². The molecule has 0 unspecified atom stereocenters. The number of ether oxygens (including phenoxy) is 1. The number of hydrogen-bond donors (Lipinski definition) is 0. The third-order valence-electron chi connectivity index (χ3n) is 5.10. The van der Waals surface area contributed by atoms with E-state index in [0.29, 0.717) is 37.7 Å². The SMILES string of the molecule is O=[N+]([O-])c1ccc(Oc2ccc(S(=O)(=O)N3CCN(c4ccccc4)CC3)cc2)cc1. The first-order valence-corrected chi connectivity index (χ1v) is 11.2. The van der Waals surface area contributed by atoms with Gasteiger partial charge in [-0.05, 0) is 48.5 Å². The fraction of sp³-hybridized carbons (Fsp3) is 0.182. The zero-order chi connectivity index (χ0) is 21.8. The van der Waals surface area contributed by atoms with E-state index in [1.165, 1.54) is 40.7 Å². The number of non-ortho nitro benzene ring substituents is 1. The second-order valence-corrected chi connectivity index (χ2v) is 8.99. The predicted molar refractivity (Wildman–Crippen MR) is 117 cm³/mol. The molecule has 0 aromatic heterocycles. The lowest BCUT2D eigenvalue weighted by atomic mass is 10.2. The fourth-order valence-electron chi connectivity index (χ4n) is 3.43. The Kier molecular flexibility index (Phi) is 5.88. The quantitative estimate of drug-likeness (QED) is 0.427. The van der Waals surface area contributed by atoms with Crippen molar-refractivity contribution in [3.05, 3.63) is 89.0 Å². The standard InChI is InChI=1S/C22H21N3O5S/c26-25(27)19-6-8-20(9-7-19)30-21-10-12-22(13-11-21)31(28,29)24-16-14-23(15-17-24)18-4-2-1-3-5-18/h1-13H,14-17H2. The van der Waals surface area contributed by atoms with Gasteiger partial charge in [0.15, 0.2) is 0 Å². The maximum absolute atomic E-state index is 13.0. The number of rotatable bonds is 6. The van der Waals surface area contributed by atoms with Crippen molar-refractivity contribution in [1.29, 1.82) is 0 Å². The van der Waals surface area contributed by atoms with Crippen molar-refractivity contribution in [3.8, 4) is 11.5 Å². The second-order valence-electron chi connectivity index (χ2n) is 7.05. The summed E-state index contributed by atoms with van der Waals surface area (Å²) in [5.74, 6) is 0.875. The molecule has 0 amide bonds. The van der Waals surface area contributed by atoms with Crippen LogP contribution in [0.1, 0.15) is 0 Å². The highest BCUT2D eigenvalue weighted by Gasteiger charge is 2.28. The molecule has 31 heavy (non-hydrogen) atoms. The molecule has 1 aliphatic heterocycles. The summed E-state index contributed by atoms with van der Waals surface area (Å²) in [6.45, 7) is 2.09. The van der Waals surface area contributed by atoms with Crippen molar-refractivity contribution in [2.24, 2.45) is 0 Å². The molecular formula is C22H21N3O5S. The van der Waals surface area contributed by atoms with Crippen LogP contribution in [0.15, 0.2) is 83.8 Å². The lowest BCUT2D eigenvalue weighted by Gasteiger charge is -2.35. The van der Waals surface area contributed by atoms with Crippen molar-refractivity contribution in [3.63, 3.8) is 0 Å². The minimum absolute atomic E-state index is 0.0267. The third-order valence-corrected chi connectivity index (χ3v) is 7.02. The molecule has 0 aliphatic carbocycles. The average Bonchev–Trinajstić information content (AvgIpc) is 2.80. The lowest BCUT2D eigenvalue weighted by molar-refractivity contribution is -0.384. The van der Waals surface area contributed by atoms with E-state index in [1.807, 2.05) is 30.3 Å². The van der Waals surface area contributed by atoms with Crippen LogP contribution in [0.4, 0.5) is 11.4 Å². The fourth-order valence-corrected chi connectivity index (χ4v) is 4.85. The molecule has 1 heterocycles. The van der Waals surface area contributed by atoms with Crippen LogP contribution in [-0.2, 0) is 10.0 Å². The Balaban J connectivity index is 1.40. The number of piperazine rings is 1. The monoisotopic (exact) mass is 439 g/mol. The topological polar surface area (TPSA) is 93.0 Å². The molecule has 1 saturated heterocycles. The molecule has 0 saturated carbocycles. The van der Waals surface area contributed by atoms with E-state index < -0.39 is 14.9 Å². The summed E-state index contributed by atoms with van der Waals surface area (Å²) in [5, 5.41) is 10.7. The first-order chi connectivity index (χ1) is 14.9. The number of para-hydroxylation sites is 1. The number of nitro benzene ring substituents is 1. The number of benzene rings is 3. The number of sulfonamides is 1. The maximum Gasteiger partial charge on any atom is 0.269 e. The minimum atomic E-state index is -3.60. The number of anilines is 1. The van der Waals surface area contributed by atoms with Crippen LogP contribution in [-0.4, -0.2) is 43.8 Å². The first-order valence-electron chi connectivity index (χ1n) is 9.76. The molecule has 0 bridgehead atoms. The van der Waals surface area contributed by atoms with Crippen LogP contribution in [0, 0.1) is 10.1 Å². The van der Waals surface area contributed by atoms with Crippen LogP contribution in [0.3, 0.4) is 0 Å². The van der Waals surface area contributed by atoms with Gasteiger partial charge in [-0.3, -0.25) is 10.1 Å². The van der Waals surface area contributed by atoms with Gasteiger partial charge in [0.1, 0.15) is 11.5 Å². The Morgan fingerprint density at radius 3 is 1.87 bits per heavy atom. The zero-order valence-corrected chi connectivity index (χ0v) is 17.4. The van der Waals surface area contributed by atoms with Gasteiger partial charge in [-0.1, -0.05) is 18.2 Å². The van der Waals surface area contributed by atoms with Crippen molar-refractivity contribution < 1.29 is 18.1 Å². The van der Waals surface area contributed by atoms with E-state index in [4.69, 9.17) is 4.74 Å². The van der Waals surface area contributed by atoms with Gasteiger partial charge in [0, 0.05) is 44.0 Å². The van der Waals surface area contributed by atoms with Crippen molar-refractivity contribution in [1.82, 2.24) is 4.31 Å². The van der Waals surface area contributed by atoms with Gasteiger partial charge in [0.2, 0.25) is 10.0 Å². The van der Waals surface area contributed by atoms with Gasteiger partial charge in [0.25, 0.3) is 5.69 Å². The van der Waals surface area contributed by atoms with Gasteiger partial charge in [-0.25, -0.2) is 8.42 Å². The molecule has 1 fully saturated rings. The molecule has 0 radical (unpaired) electrons. The van der Waals surface area contributed by atoms with Crippen molar-refractivity contribution >= 4 is 21.4 Å². The number of hydrogen-bond acceptors (Lipinski definition) is 6. The van der Waals surface area contributed by atoms with Gasteiger partial charge in [-0.15, -0.1) is 0 Å². The number of nitrogens with zero attached hydrogens (tertiary/aromatic N) is 3. The predicted octanol–water partition coefficient (Wildman–Crippen LogP) is 3.90. The largest absolute Gasteiger partial charge is 0.457 e. The molecule has 3 aromatic carbocycles. The van der Waals surface area contributed by atoms with Crippen LogP contribution < -0.4 is 9.64 Å². The molecule has 3 aromatic rings. The van der Waals surface area contributed by atoms with Crippen LogP contribution in [0.2, 0.25) is 0 Å². The molecule has 0 spiro atoms. The minimum Gasteiger partial charge on any atom is -0.457 e. The van der Waals surface area contributed by atoms with Gasteiger partial charge in [-0.2, -0.15) is 4.31 Å². The van der Waals surface area contributed by atoms with Crippen LogP contribution in [0.5, 0.6) is 11.5 Å². The molecule has 160 valence electrons. The highest BCUT2D eigenvalue weighted by atomic mass is 32.2. The summed E-state index contributed by atoms with van der Waals surface area (Å²) in [6, 6.07) is 21.8. The zero-order valence-electron chi connectivity index (χ0n) is 16.6. The van der Waals surface area contributed by atoms with Gasteiger partial charge < -0.3 is 9.64 Å². The molecular weight excluding hydrogens is 418 g/mol. The first kappa shape index (κ1) is 20.8. The molecule has 0 atom stereocenters. The Morgan fingerprint density at radius 2 is 1.32 bits per heavy atom. The molecule has 8 nitrogen and oxygen atoms in total. The third kappa shape index (κ3) is 4.68. The van der Waals surface area contributed by atoms with E-state index in [2.05, 4.69) is 4.90 Å². The summed E-state index contributed by atoms with van der Waals surface area (Å²) in [4.78, 5) is 12.6. The Labute approximate surface area is 180 Å². The van der Waals surface area contributed by atoms with E-state index in [9.17, 15) is 18.5 Å². The Hall–Kier alpha value is -3.43. The smallest absolute Gasteiger partial charge is 0.269 e. The van der Waals surface area contributed by atoms with E-state index in [1.54, 1.807) is 12.1 Å². The van der Waals surface area contributed by atoms with E-state index in [0.717, 1.165) is 5.69 Å². The maximum atomic E-state index is 13.0. The Bertz CT molecular complexity index is 1140. The van der Waals surface area contributed by atoms with Gasteiger partial charge >= 0.3 is 0 Å². The van der Waals surface area contributed by atoms with E-state index in [-0.39, 0.29) is 10.6 Å². The second kappa shape index (κ2) is 8.75. The molecule has 1 aliphatic rings. The molecule has 9 heteroatoms. The highest BCUT2D eigenvalue weighted by Crippen LogP contribution is 2.26. The summed E-state index contributed by atoms with van der Waals surface area (Å²) in [5.41, 5.74) is 1.06. The van der Waals surface area contributed by atoms with Crippen LogP contribution in [0.25, 0.3) is 0 Å². The summed E-state index contributed by atoms with van der Waals surface area (Å²) < 4.78 is 33.2. The summed E-state index contributed by atoms with van der Waals surface area (Å²) >= 11 is 0. The lowest BCUT2D eigenvalue weighted by Crippen LogP contribution is -2.48. The normalized spacial score (nSPS) is 14.9.